The lowest BCUT2D eigenvalue weighted by Crippen LogP contribution is -2.45. The third-order valence-corrected chi connectivity index (χ3v) is 13.0. The Kier molecular flexibility index (Phi) is 7.25. The highest BCUT2D eigenvalue weighted by molar-refractivity contribution is 7.32. The highest BCUT2D eigenvalue weighted by atomic mass is 31.1. The summed E-state index contributed by atoms with van der Waals surface area (Å²) in [6.45, 7) is 21.9. The monoisotopic (exact) mass is 618 g/mol. The van der Waals surface area contributed by atoms with Crippen LogP contribution in [-0.2, 0) is 23.7 Å². The maximum Gasteiger partial charge on any atom is 0.387 e. The van der Waals surface area contributed by atoms with E-state index in [4.69, 9.17) is 36.6 Å². The molecule has 4 heterocycles. The molecule has 0 radical (unpaired) electrons. The van der Waals surface area contributed by atoms with Gasteiger partial charge >= 0.3 is 8.24 Å². The zero-order valence-corrected chi connectivity index (χ0v) is 28.7. The summed E-state index contributed by atoms with van der Waals surface area (Å²) in [6.07, 6.45) is -2.46. The summed E-state index contributed by atoms with van der Waals surface area (Å²) in [5, 5.41) is 4.55. The lowest BCUT2D eigenvalue weighted by Gasteiger charge is -2.28. The van der Waals surface area contributed by atoms with E-state index >= 15 is 0 Å². The van der Waals surface area contributed by atoms with Crippen LogP contribution in [0.2, 0.25) is 39.3 Å². The second kappa shape index (κ2) is 10.0. The Bertz CT molecular complexity index is 1430. The van der Waals surface area contributed by atoms with Gasteiger partial charge in [-0.2, -0.15) is 0 Å². The van der Waals surface area contributed by atoms with Crippen LogP contribution < -0.4 is 14.9 Å². The molecular weight excluding hydrogens is 575 g/mol. The van der Waals surface area contributed by atoms with Gasteiger partial charge in [-0.3, -0.25) is 4.52 Å². The van der Waals surface area contributed by atoms with Crippen LogP contribution in [0.15, 0.2) is 44.8 Å². The quantitative estimate of drug-likeness (QED) is 0.313. The Morgan fingerprint density at radius 3 is 1.78 bits per heavy atom. The first-order valence-electron chi connectivity index (χ1n) is 14.5. The summed E-state index contributed by atoms with van der Waals surface area (Å²) in [6, 6.07) is 12.9. The summed E-state index contributed by atoms with van der Waals surface area (Å²) in [5.74, 6) is -1.52. The van der Waals surface area contributed by atoms with Gasteiger partial charge in [0, 0.05) is 10.8 Å². The molecule has 3 aromatic rings. The van der Waals surface area contributed by atoms with Crippen molar-refractivity contribution in [3.8, 4) is 0 Å². The molecule has 0 aliphatic carbocycles. The predicted octanol–water partition coefficient (Wildman–Crippen LogP) is 6.21. The molecule has 3 aliphatic heterocycles. The molecule has 0 bridgehead atoms. The Morgan fingerprint density at radius 1 is 0.732 bits per heavy atom. The van der Waals surface area contributed by atoms with Crippen LogP contribution in [0.5, 0.6) is 0 Å². The molecule has 3 aliphatic rings. The minimum absolute atomic E-state index is 0.354. The minimum atomic E-state index is -1.90. The van der Waals surface area contributed by atoms with Gasteiger partial charge in [-0.05, 0) is 38.1 Å². The Labute approximate surface area is 245 Å². The first-order chi connectivity index (χ1) is 19.0. The third kappa shape index (κ3) is 5.64. The molecular formula is C30H43O8PSi2. The Balaban J connectivity index is 1.54. The van der Waals surface area contributed by atoms with Gasteiger partial charge in [0.1, 0.15) is 35.6 Å². The van der Waals surface area contributed by atoms with E-state index in [1.165, 1.54) is 10.4 Å². The lowest BCUT2D eigenvalue weighted by atomic mass is 10.1. The number of hydrogen-bond donors (Lipinski definition) is 0. The van der Waals surface area contributed by atoms with E-state index in [1.807, 2.05) is 27.7 Å². The Hall–Kier alpha value is -1.47. The van der Waals surface area contributed by atoms with Crippen LogP contribution in [0, 0.1) is 0 Å². The molecule has 11 heteroatoms. The van der Waals surface area contributed by atoms with Gasteiger partial charge in [0.2, 0.25) is 0 Å². The van der Waals surface area contributed by atoms with Crippen LogP contribution in [-0.4, -0.2) is 65.0 Å². The number of benzene rings is 2. The second-order valence-corrected chi connectivity index (χ2v) is 25.4. The van der Waals surface area contributed by atoms with Crippen molar-refractivity contribution >= 4 is 56.7 Å². The van der Waals surface area contributed by atoms with Crippen LogP contribution in [0.1, 0.15) is 27.7 Å². The summed E-state index contributed by atoms with van der Waals surface area (Å²) in [5.41, 5.74) is 1.70. The molecule has 2 aromatic carbocycles. The van der Waals surface area contributed by atoms with Gasteiger partial charge < -0.3 is 32.1 Å². The SMILES string of the molecule is CC1(C)O[C@H]2O[C@H]([C@H]3COC(C)(C)O3)[C@H](Op3oc4c([Si](C)(C)C)cccc4c4cccc([Si](C)(C)C)c4o3)[C@H]2O1. The molecule has 0 saturated carbocycles. The van der Waals surface area contributed by atoms with Crippen molar-refractivity contribution in [1.29, 1.82) is 0 Å². The highest BCUT2D eigenvalue weighted by Gasteiger charge is 2.59. The van der Waals surface area contributed by atoms with Crippen molar-refractivity contribution in [3.05, 3.63) is 36.4 Å². The van der Waals surface area contributed by atoms with E-state index < -0.39 is 60.6 Å². The molecule has 6 rings (SSSR count). The number of para-hydroxylation sites is 2. The van der Waals surface area contributed by atoms with Crippen LogP contribution in [0.25, 0.3) is 21.9 Å². The number of ether oxygens (including phenoxy) is 5. The van der Waals surface area contributed by atoms with E-state index in [2.05, 4.69) is 75.7 Å². The van der Waals surface area contributed by atoms with Crippen LogP contribution in [0.4, 0.5) is 0 Å². The number of fused-ring (bicyclic) bond motifs is 4. The van der Waals surface area contributed by atoms with Gasteiger partial charge in [-0.25, -0.2) is 0 Å². The van der Waals surface area contributed by atoms with Gasteiger partial charge in [0.25, 0.3) is 0 Å². The predicted molar refractivity (Wildman–Crippen MR) is 166 cm³/mol. The average Bonchev–Trinajstić information content (AvgIpc) is 3.42. The van der Waals surface area contributed by atoms with Crippen LogP contribution in [0.3, 0.4) is 0 Å². The molecule has 3 saturated heterocycles. The topological polar surface area (TPSA) is 81.7 Å². The summed E-state index contributed by atoms with van der Waals surface area (Å²) in [7, 11) is -5.49. The van der Waals surface area contributed by atoms with Gasteiger partial charge in [0.05, 0.1) is 22.8 Å². The fraction of sp³-hybridized carbons (Fsp3) is 0.600. The summed E-state index contributed by atoms with van der Waals surface area (Å²) in [4.78, 5) is 0. The normalized spacial score (nSPS) is 29.4. The standard InChI is InChI=1S/C30H43O8PSi2/c1-29(2)31-17-20(33-29)25-26(27-28(32-25)35-30(3,4)34-27)38-39-36-23-18(13-11-15-21(23)40(5,6)7)19-14-12-16-22(24(19)37-39)41(8,9)10/h11-16,20,25-28H,17H2,1-10H3/t20-,25-,26+,27-,28-/m1/s1. The first kappa shape index (κ1) is 29.6. The van der Waals surface area contributed by atoms with Crippen molar-refractivity contribution in [2.75, 3.05) is 6.61 Å². The molecule has 8 nitrogen and oxygen atoms in total. The number of hydrogen-bond acceptors (Lipinski definition) is 8. The van der Waals surface area contributed by atoms with Crippen LogP contribution >= 0.6 is 8.24 Å². The smallest absolute Gasteiger partial charge is 0.387 e. The van der Waals surface area contributed by atoms with Crippen molar-refractivity contribution in [2.24, 2.45) is 0 Å². The van der Waals surface area contributed by atoms with Crippen molar-refractivity contribution < 1.29 is 36.6 Å². The molecule has 0 amide bonds. The van der Waals surface area contributed by atoms with E-state index in [0.717, 1.165) is 21.9 Å². The highest BCUT2D eigenvalue weighted by Crippen LogP contribution is 2.44. The molecule has 224 valence electrons. The minimum Gasteiger partial charge on any atom is -0.399 e. The summed E-state index contributed by atoms with van der Waals surface area (Å²) < 4.78 is 51.5. The first-order valence-corrected chi connectivity index (χ1v) is 22.6. The summed E-state index contributed by atoms with van der Waals surface area (Å²) >= 11 is 0. The lowest BCUT2D eigenvalue weighted by molar-refractivity contribution is -0.228. The fourth-order valence-corrected chi connectivity index (χ4v) is 10.3. The molecule has 1 aromatic heterocycles. The van der Waals surface area contributed by atoms with Gasteiger partial charge in [-0.15, -0.1) is 0 Å². The molecule has 0 N–H and O–H groups in total. The largest absolute Gasteiger partial charge is 0.399 e. The molecule has 41 heavy (non-hydrogen) atoms. The van der Waals surface area contributed by atoms with E-state index in [-0.39, 0.29) is 6.10 Å². The molecule has 0 unspecified atom stereocenters. The van der Waals surface area contributed by atoms with E-state index in [1.54, 1.807) is 0 Å². The molecule has 3 fully saturated rings. The fourth-order valence-electron chi connectivity index (χ4n) is 5.99. The van der Waals surface area contributed by atoms with Crippen molar-refractivity contribution in [3.63, 3.8) is 0 Å². The van der Waals surface area contributed by atoms with Gasteiger partial charge in [0.15, 0.2) is 17.9 Å². The second-order valence-electron chi connectivity index (χ2n) is 14.3. The van der Waals surface area contributed by atoms with Gasteiger partial charge in [-0.1, -0.05) is 75.7 Å². The maximum absolute atomic E-state index is 6.87. The number of rotatable bonds is 5. The van der Waals surface area contributed by atoms with E-state index in [0.29, 0.717) is 6.61 Å². The van der Waals surface area contributed by atoms with Crippen molar-refractivity contribution in [2.45, 2.75) is 109 Å². The molecule has 0 spiro atoms. The van der Waals surface area contributed by atoms with E-state index in [9.17, 15) is 0 Å². The Morgan fingerprint density at radius 2 is 1.29 bits per heavy atom. The third-order valence-electron chi connectivity index (χ3n) is 7.90. The maximum atomic E-state index is 6.87. The zero-order chi connectivity index (χ0) is 29.5. The molecule has 5 atom stereocenters. The average molecular weight is 619 g/mol. The zero-order valence-electron chi connectivity index (χ0n) is 25.8. The van der Waals surface area contributed by atoms with Crippen molar-refractivity contribution in [1.82, 2.24) is 0 Å².